The van der Waals surface area contributed by atoms with Crippen LogP contribution < -0.4 is 10.2 Å². The minimum absolute atomic E-state index is 0.0337. The average Bonchev–Trinajstić information content (AvgIpc) is 3.45. The van der Waals surface area contributed by atoms with Gasteiger partial charge in [0.1, 0.15) is 17.6 Å². The van der Waals surface area contributed by atoms with Gasteiger partial charge in [-0.1, -0.05) is 23.9 Å². The third-order valence-electron chi connectivity index (χ3n) is 5.96. The van der Waals surface area contributed by atoms with Crippen LogP contribution in [0.2, 0.25) is 0 Å². The van der Waals surface area contributed by atoms with E-state index in [0.717, 1.165) is 62.7 Å². The van der Waals surface area contributed by atoms with Crippen molar-refractivity contribution in [3.8, 4) is 6.07 Å². The minimum Gasteiger partial charge on any atom is -0.314 e. The van der Waals surface area contributed by atoms with Gasteiger partial charge in [-0.2, -0.15) is 5.26 Å². The Balaban J connectivity index is 1.61. The first-order valence-corrected chi connectivity index (χ1v) is 11.5. The number of nitriles is 1. The van der Waals surface area contributed by atoms with E-state index in [1.807, 2.05) is 30.0 Å². The fourth-order valence-electron chi connectivity index (χ4n) is 4.36. The molecule has 160 valence electrons. The molecule has 9 heteroatoms. The lowest BCUT2D eigenvalue weighted by atomic mass is 10.2. The smallest absolute Gasteiger partial charge is 0.247 e. The Morgan fingerprint density at radius 3 is 2.63 bits per heavy atom. The van der Waals surface area contributed by atoms with Gasteiger partial charge in [-0.15, -0.1) is 0 Å². The number of carbonyl (C=O) groups is 2. The van der Waals surface area contributed by atoms with Gasteiger partial charge in [0.15, 0.2) is 0 Å². The number of rotatable bonds is 6. The molecule has 3 aliphatic rings. The maximum Gasteiger partial charge on any atom is 0.247 e. The summed E-state index contributed by atoms with van der Waals surface area (Å²) in [6, 6.07) is 9.19. The van der Waals surface area contributed by atoms with Crippen LogP contribution in [-0.2, 0) is 9.59 Å². The number of thioether (sulfide) groups is 1. The van der Waals surface area contributed by atoms with Gasteiger partial charge in [0.2, 0.25) is 11.7 Å². The number of anilines is 1. The zero-order valence-corrected chi connectivity index (χ0v) is 18.1. The van der Waals surface area contributed by atoms with Crippen molar-refractivity contribution in [1.29, 1.82) is 5.26 Å². The number of para-hydroxylation sites is 1. The summed E-state index contributed by atoms with van der Waals surface area (Å²) in [5.74, 6) is -0.551. The van der Waals surface area contributed by atoms with Crippen LogP contribution >= 0.6 is 11.8 Å². The Kier molecular flexibility index (Phi) is 6.71. The van der Waals surface area contributed by atoms with Gasteiger partial charge in [-0.05, 0) is 31.9 Å². The van der Waals surface area contributed by atoms with Crippen LogP contribution in [0, 0.1) is 11.3 Å². The highest BCUT2D eigenvalue weighted by Crippen LogP contribution is 2.45. The third kappa shape index (κ3) is 4.24. The minimum atomic E-state index is -0.530. The SMILES string of the molecule is CC(C(=O)N1c2ccccc2SC1N1CCNCC1)N(CC(=O)C#N)N1CCCC1. The number of carbonyl (C=O) groups excluding carboxylic acids is 2. The number of nitrogens with zero attached hydrogens (tertiary/aromatic N) is 5. The first-order chi connectivity index (χ1) is 14.6. The number of hydrazine groups is 1. The molecule has 3 heterocycles. The van der Waals surface area contributed by atoms with Gasteiger partial charge in [-0.3, -0.25) is 19.4 Å². The van der Waals surface area contributed by atoms with Crippen LogP contribution in [0.15, 0.2) is 29.2 Å². The molecule has 1 aromatic rings. The molecule has 3 aliphatic heterocycles. The molecular weight excluding hydrogens is 400 g/mol. The summed E-state index contributed by atoms with van der Waals surface area (Å²) in [7, 11) is 0. The fourth-order valence-corrected chi connectivity index (χ4v) is 5.71. The molecule has 0 radical (unpaired) electrons. The zero-order chi connectivity index (χ0) is 21.1. The Bertz CT molecular complexity index is 831. The molecule has 1 aromatic carbocycles. The summed E-state index contributed by atoms with van der Waals surface area (Å²) < 4.78 is 0. The summed E-state index contributed by atoms with van der Waals surface area (Å²) in [6.45, 7) is 6.99. The Morgan fingerprint density at radius 2 is 1.93 bits per heavy atom. The number of hydrogen-bond acceptors (Lipinski definition) is 8. The van der Waals surface area contributed by atoms with Gasteiger partial charge >= 0.3 is 0 Å². The van der Waals surface area contributed by atoms with E-state index in [4.69, 9.17) is 5.26 Å². The molecule has 4 rings (SSSR count). The van der Waals surface area contributed by atoms with Crippen molar-refractivity contribution in [3.05, 3.63) is 24.3 Å². The van der Waals surface area contributed by atoms with E-state index in [0.29, 0.717) is 0 Å². The van der Waals surface area contributed by atoms with E-state index >= 15 is 0 Å². The Hall–Kier alpha value is -1.96. The summed E-state index contributed by atoms with van der Waals surface area (Å²) in [5.41, 5.74) is 0.836. The van der Waals surface area contributed by atoms with Crippen LogP contribution in [0.4, 0.5) is 5.69 Å². The number of fused-ring (bicyclic) bond motifs is 1. The maximum atomic E-state index is 13.8. The van der Waals surface area contributed by atoms with Gasteiger partial charge < -0.3 is 5.32 Å². The number of hydrogen-bond donors (Lipinski definition) is 1. The van der Waals surface area contributed by atoms with Crippen LogP contribution in [0.5, 0.6) is 0 Å². The topological polar surface area (TPSA) is 82.9 Å². The monoisotopic (exact) mass is 428 g/mol. The lowest BCUT2D eigenvalue weighted by Crippen LogP contribution is -2.59. The van der Waals surface area contributed by atoms with Crippen molar-refractivity contribution in [2.45, 2.75) is 36.2 Å². The molecule has 0 saturated carbocycles. The summed E-state index contributed by atoms with van der Waals surface area (Å²) >= 11 is 1.71. The predicted molar refractivity (Wildman–Crippen MR) is 116 cm³/mol. The Labute approximate surface area is 181 Å². The molecule has 2 unspecified atom stereocenters. The van der Waals surface area contributed by atoms with E-state index < -0.39 is 11.8 Å². The van der Waals surface area contributed by atoms with Gasteiger partial charge in [0.05, 0.1) is 12.2 Å². The number of amides is 1. The number of nitrogens with one attached hydrogen (secondary N) is 1. The highest BCUT2D eigenvalue weighted by molar-refractivity contribution is 8.00. The van der Waals surface area contributed by atoms with Crippen molar-refractivity contribution in [2.75, 3.05) is 50.7 Å². The molecule has 0 aromatic heterocycles. The van der Waals surface area contributed by atoms with Crippen LogP contribution in [-0.4, -0.2) is 84.0 Å². The van der Waals surface area contributed by atoms with E-state index in [-0.39, 0.29) is 17.9 Å². The molecule has 1 N–H and O–H groups in total. The normalized spacial score (nSPS) is 23.4. The molecule has 1 amide bonds. The molecule has 2 fully saturated rings. The predicted octanol–water partition coefficient (Wildman–Crippen LogP) is 1.11. The van der Waals surface area contributed by atoms with Crippen LogP contribution in [0.25, 0.3) is 0 Å². The molecule has 2 saturated heterocycles. The average molecular weight is 429 g/mol. The van der Waals surface area contributed by atoms with Crippen LogP contribution in [0.3, 0.4) is 0 Å². The highest BCUT2D eigenvalue weighted by Gasteiger charge is 2.42. The first-order valence-electron chi connectivity index (χ1n) is 10.6. The summed E-state index contributed by atoms with van der Waals surface area (Å²) in [5, 5.41) is 16.3. The van der Waals surface area contributed by atoms with Crippen molar-refractivity contribution in [2.24, 2.45) is 0 Å². The number of ketones is 1. The fraction of sp³-hybridized carbons (Fsp3) is 0.571. The Morgan fingerprint density at radius 1 is 1.23 bits per heavy atom. The first kappa shape index (κ1) is 21.3. The second-order valence-corrected chi connectivity index (χ2v) is 8.97. The molecule has 30 heavy (non-hydrogen) atoms. The second-order valence-electron chi connectivity index (χ2n) is 7.88. The third-order valence-corrected chi connectivity index (χ3v) is 7.28. The molecule has 0 aliphatic carbocycles. The van der Waals surface area contributed by atoms with Crippen molar-refractivity contribution in [1.82, 2.24) is 20.2 Å². The number of Topliss-reactive ketones (excluding diaryl/α,β-unsaturated/α-hetero) is 1. The molecule has 8 nitrogen and oxygen atoms in total. The largest absolute Gasteiger partial charge is 0.314 e. The van der Waals surface area contributed by atoms with Crippen molar-refractivity contribution < 1.29 is 9.59 Å². The quantitative estimate of drug-likeness (QED) is 0.675. The van der Waals surface area contributed by atoms with Crippen LogP contribution in [0.1, 0.15) is 19.8 Å². The van der Waals surface area contributed by atoms with Crippen molar-refractivity contribution in [3.63, 3.8) is 0 Å². The van der Waals surface area contributed by atoms with E-state index in [9.17, 15) is 9.59 Å². The molecule has 0 bridgehead atoms. The second kappa shape index (κ2) is 9.45. The lowest BCUT2D eigenvalue weighted by Gasteiger charge is -2.40. The van der Waals surface area contributed by atoms with Gasteiger partial charge in [0.25, 0.3) is 0 Å². The van der Waals surface area contributed by atoms with Crippen molar-refractivity contribution >= 4 is 29.1 Å². The lowest BCUT2D eigenvalue weighted by molar-refractivity contribution is -0.135. The van der Waals surface area contributed by atoms with E-state index in [1.165, 1.54) is 0 Å². The molecule has 2 atom stereocenters. The zero-order valence-electron chi connectivity index (χ0n) is 17.3. The van der Waals surface area contributed by atoms with Gasteiger partial charge in [-0.25, -0.2) is 10.0 Å². The number of piperazine rings is 1. The highest BCUT2D eigenvalue weighted by atomic mass is 32.2. The summed E-state index contributed by atoms with van der Waals surface area (Å²) in [4.78, 5) is 31.1. The molecular formula is C21H28N6O2S. The van der Waals surface area contributed by atoms with Gasteiger partial charge in [0, 0.05) is 44.2 Å². The standard InChI is InChI=1S/C21H28N6O2S/c1-16(26(15-17(28)14-22)25-10-4-5-11-25)20(29)27-18-6-2-3-7-19(18)30-21(27)24-12-8-23-9-13-24/h2-3,6-7,16,21,23H,4-5,8-13,15H2,1H3. The molecule has 0 spiro atoms. The number of benzene rings is 1. The van der Waals surface area contributed by atoms with E-state index in [1.54, 1.807) is 22.8 Å². The summed E-state index contributed by atoms with van der Waals surface area (Å²) in [6.07, 6.45) is 2.06. The maximum absolute atomic E-state index is 13.8. The van der Waals surface area contributed by atoms with E-state index in [2.05, 4.69) is 21.3 Å².